The Morgan fingerprint density at radius 1 is 1.05 bits per heavy atom. The van der Waals surface area contributed by atoms with Crippen LogP contribution in [0.2, 0.25) is 0 Å². The van der Waals surface area contributed by atoms with Gasteiger partial charge in [-0.15, -0.1) is 0 Å². The van der Waals surface area contributed by atoms with Crippen molar-refractivity contribution in [3.8, 4) is 11.5 Å². The lowest BCUT2D eigenvalue weighted by Gasteiger charge is -2.08. The first-order valence-corrected chi connectivity index (χ1v) is 6.47. The Labute approximate surface area is 118 Å². The minimum atomic E-state index is -0.325. The normalized spacial score (nSPS) is 10.3. The summed E-state index contributed by atoms with van der Waals surface area (Å²) in [5, 5.41) is 0. The Bertz CT molecular complexity index is 555. The van der Waals surface area contributed by atoms with Crippen LogP contribution in [0.15, 0.2) is 42.5 Å². The highest BCUT2D eigenvalue weighted by Gasteiger charge is 2.03. The molecule has 0 fully saturated rings. The lowest BCUT2D eigenvalue weighted by molar-refractivity contribution is 0.320. The second kappa shape index (κ2) is 6.91. The van der Waals surface area contributed by atoms with Gasteiger partial charge in [-0.3, -0.25) is 0 Å². The van der Waals surface area contributed by atoms with E-state index >= 15 is 0 Å². The zero-order chi connectivity index (χ0) is 14.4. The minimum absolute atomic E-state index is 0.192. The zero-order valence-corrected chi connectivity index (χ0v) is 11.4. The van der Waals surface area contributed by atoms with Gasteiger partial charge in [0.15, 0.2) is 0 Å². The van der Waals surface area contributed by atoms with Crippen LogP contribution in [0, 0.1) is 5.82 Å². The maximum Gasteiger partial charge on any atom is 0.131 e. The first-order valence-electron chi connectivity index (χ1n) is 6.47. The molecule has 0 spiro atoms. The van der Waals surface area contributed by atoms with Crippen molar-refractivity contribution in [3.05, 3.63) is 59.4 Å². The molecule has 2 aromatic carbocycles. The highest BCUT2D eigenvalue weighted by atomic mass is 19.1. The summed E-state index contributed by atoms with van der Waals surface area (Å²) in [6.45, 7) is 0.686. The third kappa shape index (κ3) is 3.71. The second-order valence-electron chi connectivity index (χ2n) is 4.40. The third-order valence-electron chi connectivity index (χ3n) is 3.06. The molecule has 0 aliphatic rings. The topological polar surface area (TPSA) is 44.5 Å². The number of rotatable bonds is 6. The number of benzene rings is 2. The maximum atomic E-state index is 13.5. The number of hydrogen-bond acceptors (Lipinski definition) is 3. The molecule has 0 amide bonds. The van der Waals surface area contributed by atoms with E-state index in [9.17, 15) is 4.39 Å². The van der Waals surface area contributed by atoms with Crippen molar-refractivity contribution in [2.45, 2.75) is 13.0 Å². The maximum absolute atomic E-state index is 13.5. The summed E-state index contributed by atoms with van der Waals surface area (Å²) in [5.74, 6) is 1.02. The number of nitrogens with two attached hydrogens (primary N) is 1. The molecule has 0 aliphatic carbocycles. The third-order valence-corrected chi connectivity index (χ3v) is 3.06. The molecule has 4 heteroatoms. The van der Waals surface area contributed by atoms with Gasteiger partial charge in [-0.05, 0) is 23.8 Å². The molecule has 2 N–H and O–H groups in total. The van der Waals surface area contributed by atoms with Crippen molar-refractivity contribution in [1.82, 2.24) is 0 Å². The molecule has 3 nitrogen and oxygen atoms in total. The van der Waals surface area contributed by atoms with Gasteiger partial charge in [-0.2, -0.15) is 0 Å². The number of hydrogen-bond donors (Lipinski definition) is 1. The van der Waals surface area contributed by atoms with E-state index in [4.69, 9.17) is 15.2 Å². The molecule has 0 radical (unpaired) electrons. The molecule has 0 aliphatic heterocycles. The molecule has 0 aromatic heterocycles. The SMILES string of the molecule is COc1ccc(CCOc2ccc(CN)c(F)c2)cc1. The van der Waals surface area contributed by atoms with E-state index in [0.29, 0.717) is 17.9 Å². The molecule has 2 aromatic rings. The van der Waals surface area contributed by atoms with Gasteiger partial charge in [0.25, 0.3) is 0 Å². The van der Waals surface area contributed by atoms with Gasteiger partial charge < -0.3 is 15.2 Å². The zero-order valence-electron chi connectivity index (χ0n) is 11.4. The van der Waals surface area contributed by atoms with E-state index in [0.717, 1.165) is 17.7 Å². The summed E-state index contributed by atoms with van der Waals surface area (Å²) in [5.41, 5.74) is 7.05. The fraction of sp³-hybridized carbons (Fsp3) is 0.250. The monoisotopic (exact) mass is 275 g/mol. The standard InChI is InChI=1S/C16H18FNO2/c1-19-14-5-2-12(3-6-14)8-9-20-15-7-4-13(11-18)16(17)10-15/h2-7,10H,8-9,11,18H2,1H3. The van der Waals surface area contributed by atoms with E-state index in [2.05, 4.69) is 0 Å². The molecular formula is C16H18FNO2. The van der Waals surface area contributed by atoms with Gasteiger partial charge in [0.1, 0.15) is 17.3 Å². The molecule has 0 atom stereocenters. The quantitative estimate of drug-likeness (QED) is 0.881. The van der Waals surface area contributed by atoms with E-state index in [1.807, 2.05) is 24.3 Å². The van der Waals surface area contributed by atoms with E-state index in [-0.39, 0.29) is 12.4 Å². The molecular weight excluding hydrogens is 257 g/mol. The molecule has 20 heavy (non-hydrogen) atoms. The number of halogens is 1. The summed E-state index contributed by atoms with van der Waals surface area (Å²) in [4.78, 5) is 0. The van der Waals surface area contributed by atoms with Crippen molar-refractivity contribution < 1.29 is 13.9 Å². The van der Waals surface area contributed by atoms with Crippen LogP contribution >= 0.6 is 0 Å². The predicted molar refractivity (Wildman–Crippen MR) is 76.5 cm³/mol. The molecule has 106 valence electrons. The van der Waals surface area contributed by atoms with Crippen molar-refractivity contribution in [3.63, 3.8) is 0 Å². The average molecular weight is 275 g/mol. The summed E-state index contributed by atoms with van der Waals surface area (Å²) in [6, 6.07) is 12.5. The van der Waals surface area contributed by atoms with E-state index in [1.165, 1.54) is 6.07 Å². The number of ether oxygens (including phenoxy) is 2. The second-order valence-corrected chi connectivity index (χ2v) is 4.40. The van der Waals surface area contributed by atoms with Crippen LogP contribution in [-0.4, -0.2) is 13.7 Å². The highest BCUT2D eigenvalue weighted by Crippen LogP contribution is 2.17. The fourth-order valence-electron chi connectivity index (χ4n) is 1.86. The fourth-order valence-corrected chi connectivity index (χ4v) is 1.86. The van der Waals surface area contributed by atoms with Gasteiger partial charge >= 0.3 is 0 Å². The van der Waals surface area contributed by atoms with Crippen LogP contribution in [0.1, 0.15) is 11.1 Å². The summed E-state index contributed by atoms with van der Waals surface area (Å²) >= 11 is 0. The largest absolute Gasteiger partial charge is 0.497 e. The first-order chi connectivity index (χ1) is 9.72. The van der Waals surface area contributed by atoms with Crippen LogP contribution in [0.5, 0.6) is 11.5 Å². The van der Waals surface area contributed by atoms with Gasteiger partial charge in [0, 0.05) is 24.6 Å². The summed E-state index contributed by atoms with van der Waals surface area (Å²) < 4.78 is 24.1. The Hall–Kier alpha value is -2.07. The highest BCUT2D eigenvalue weighted by molar-refractivity contribution is 5.29. The van der Waals surface area contributed by atoms with Crippen LogP contribution in [0.25, 0.3) is 0 Å². The Balaban J connectivity index is 1.87. The van der Waals surface area contributed by atoms with Gasteiger partial charge in [0.2, 0.25) is 0 Å². The Kier molecular flexibility index (Phi) is 4.96. The predicted octanol–water partition coefficient (Wildman–Crippen LogP) is 2.91. The number of methoxy groups -OCH3 is 1. The smallest absolute Gasteiger partial charge is 0.131 e. The van der Waals surface area contributed by atoms with Crippen molar-refractivity contribution >= 4 is 0 Å². The molecule has 0 bridgehead atoms. The van der Waals surface area contributed by atoms with E-state index in [1.54, 1.807) is 19.2 Å². The summed E-state index contributed by atoms with van der Waals surface area (Å²) in [6.07, 6.45) is 0.754. The van der Waals surface area contributed by atoms with E-state index < -0.39 is 0 Å². The molecule has 0 saturated carbocycles. The summed E-state index contributed by atoms with van der Waals surface area (Å²) in [7, 11) is 1.64. The lowest BCUT2D eigenvalue weighted by Crippen LogP contribution is -2.03. The molecule has 0 unspecified atom stereocenters. The van der Waals surface area contributed by atoms with Crippen LogP contribution in [0.3, 0.4) is 0 Å². The van der Waals surface area contributed by atoms with Gasteiger partial charge in [-0.1, -0.05) is 18.2 Å². The molecule has 0 heterocycles. The van der Waals surface area contributed by atoms with Crippen LogP contribution < -0.4 is 15.2 Å². The first kappa shape index (κ1) is 14.3. The van der Waals surface area contributed by atoms with Crippen molar-refractivity contribution in [2.24, 2.45) is 5.73 Å². The van der Waals surface area contributed by atoms with Crippen molar-refractivity contribution in [1.29, 1.82) is 0 Å². The van der Waals surface area contributed by atoms with Gasteiger partial charge in [-0.25, -0.2) is 4.39 Å². The van der Waals surface area contributed by atoms with Gasteiger partial charge in [0.05, 0.1) is 13.7 Å². The van der Waals surface area contributed by atoms with Crippen LogP contribution in [0.4, 0.5) is 4.39 Å². The Morgan fingerprint density at radius 3 is 2.35 bits per heavy atom. The van der Waals surface area contributed by atoms with Crippen molar-refractivity contribution in [2.75, 3.05) is 13.7 Å². The molecule has 2 rings (SSSR count). The average Bonchev–Trinajstić information content (AvgIpc) is 2.48. The lowest BCUT2D eigenvalue weighted by atomic mass is 10.1. The van der Waals surface area contributed by atoms with Crippen LogP contribution in [-0.2, 0) is 13.0 Å². The molecule has 0 saturated heterocycles. The minimum Gasteiger partial charge on any atom is -0.497 e. The Morgan fingerprint density at radius 2 is 1.75 bits per heavy atom.